The van der Waals surface area contributed by atoms with E-state index in [2.05, 4.69) is 31.4 Å². The average Bonchev–Trinajstić information content (AvgIpc) is 3.14. The molecular formula is C12H10BrClFN5O3S. The first-order chi connectivity index (χ1) is 11.1. The highest BCUT2D eigenvalue weighted by Crippen LogP contribution is 2.28. The molecule has 2 aromatic heterocycles. The molecule has 3 rings (SSSR count). The second kappa shape index (κ2) is 7.92. The summed E-state index contributed by atoms with van der Waals surface area (Å²) in [5.41, 5.74) is 6.06. The predicted octanol–water partition coefficient (Wildman–Crippen LogP) is 2.25. The molecule has 0 aliphatic carbocycles. The lowest BCUT2D eigenvalue weighted by atomic mass is 10.3. The molecule has 0 bridgehead atoms. The molecule has 8 nitrogen and oxygen atoms in total. The van der Waals surface area contributed by atoms with Crippen LogP contribution < -0.4 is 11.5 Å². The minimum atomic E-state index is -0.740. The third-order valence-corrected chi connectivity index (χ3v) is 4.38. The van der Waals surface area contributed by atoms with Crippen molar-refractivity contribution in [2.24, 2.45) is 5.73 Å². The first-order valence-electron chi connectivity index (χ1n) is 6.31. The van der Waals surface area contributed by atoms with Crippen molar-refractivity contribution in [3.05, 3.63) is 39.0 Å². The lowest BCUT2D eigenvalue weighted by molar-refractivity contribution is 0.299. The summed E-state index contributed by atoms with van der Waals surface area (Å²) in [5, 5.41) is 11.7. The molecular weight excluding hydrogens is 429 g/mol. The van der Waals surface area contributed by atoms with E-state index < -0.39 is 11.6 Å². The minimum Gasteiger partial charge on any atom is -0.330 e. The normalized spacial score (nSPS) is 10.6. The molecule has 0 amide bonds. The maximum absolute atomic E-state index is 13.4. The summed E-state index contributed by atoms with van der Waals surface area (Å²) in [4.78, 5) is 12.0. The molecule has 128 valence electrons. The Morgan fingerprint density at radius 1 is 1.33 bits per heavy atom. The average molecular weight is 439 g/mol. The molecule has 3 aromatic rings. The van der Waals surface area contributed by atoms with Gasteiger partial charge in [0.2, 0.25) is 5.82 Å². The number of thioether (sulfide) groups is 1. The molecule has 0 spiro atoms. The van der Waals surface area contributed by atoms with Gasteiger partial charge >= 0.3 is 5.76 Å². The number of benzene rings is 1. The molecule has 24 heavy (non-hydrogen) atoms. The number of hydrogen-bond donors (Lipinski definition) is 1. The van der Waals surface area contributed by atoms with Crippen LogP contribution in [0.1, 0.15) is 0 Å². The Morgan fingerprint density at radius 2 is 2.12 bits per heavy atom. The van der Waals surface area contributed by atoms with Gasteiger partial charge in [0, 0.05) is 12.3 Å². The van der Waals surface area contributed by atoms with Crippen LogP contribution in [0.15, 0.2) is 41.6 Å². The summed E-state index contributed by atoms with van der Waals surface area (Å²) < 4.78 is 24.2. The highest BCUT2D eigenvalue weighted by Gasteiger charge is 2.23. The fraction of sp³-hybridized carbons (Fsp3) is 0.167. The molecule has 0 atom stereocenters. The lowest BCUT2D eigenvalue weighted by Gasteiger charge is -2.04. The van der Waals surface area contributed by atoms with E-state index in [4.69, 9.17) is 14.9 Å². The van der Waals surface area contributed by atoms with E-state index in [1.807, 2.05) is 0 Å². The molecule has 0 saturated heterocycles. The molecule has 0 saturated carbocycles. The van der Waals surface area contributed by atoms with Crippen molar-refractivity contribution in [3.63, 3.8) is 0 Å². The molecule has 2 heterocycles. The zero-order valence-corrected chi connectivity index (χ0v) is 15.0. The summed E-state index contributed by atoms with van der Waals surface area (Å²) in [6.07, 6.45) is 0. The number of nitrogens with zero attached hydrogens (tertiary/aromatic N) is 4. The topological polar surface area (TPSA) is 113 Å². The van der Waals surface area contributed by atoms with Crippen LogP contribution in [-0.4, -0.2) is 32.3 Å². The minimum absolute atomic E-state index is 0. The van der Waals surface area contributed by atoms with Crippen LogP contribution in [0.4, 0.5) is 4.39 Å². The van der Waals surface area contributed by atoms with E-state index in [1.54, 1.807) is 0 Å². The van der Waals surface area contributed by atoms with Gasteiger partial charge in [-0.3, -0.25) is 4.52 Å². The van der Waals surface area contributed by atoms with Crippen molar-refractivity contribution in [3.8, 4) is 17.2 Å². The van der Waals surface area contributed by atoms with Gasteiger partial charge in [0.1, 0.15) is 5.82 Å². The molecule has 0 fully saturated rings. The first-order valence-corrected chi connectivity index (χ1v) is 8.09. The predicted molar refractivity (Wildman–Crippen MR) is 90.1 cm³/mol. The highest BCUT2D eigenvalue weighted by molar-refractivity contribution is 9.10. The van der Waals surface area contributed by atoms with Gasteiger partial charge in [0.15, 0.2) is 10.7 Å². The van der Waals surface area contributed by atoms with Crippen LogP contribution >= 0.6 is 40.1 Å². The monoisotopic (exact) mass is 437 g/mol. The highest BCUT2D eigenvalue weighted by atomic mass is 79.9. The van der Waals surface area contributed by atoms with Crippen LogP contribution in [0.3, 0.4) is 0 Å². The second-order valence-electron chi connectivity index (χ2n) is 4.26. The summed E-state index contributed by atoms with van der Waals surface area (Å²) in [7, 11) is 0. The smallest absolute Gasteiger partial charge is 0.330 e. The summed E-state index contributed by atoms with van der Waals surface area (Å²) in [5.74, 6) is -0.501. The number of rotatable bonds is 5. The Labute approximate surface area is 153 Å². The fourth-order valence-electron chi connectivity index (χ4n) is 1.82. The number of nitrogens with two attached hydrogens (primary N) is 1. The van der Waals surface area contributed by atoms with Crippen LogP contribution in [0.5, 0.6) is 0 Å². The van der Waals surface area contributed by atoms with Gasteiger partial charge in [-0.15, -0.1) is 12.4 Å². The van der Waals surface area contributed by atoms with Crippen molar-refractivity contribution in [1.82, 2.24) is 20.0 Å². The van der Waals surface area contributed by atoms with Crippen LogP contribution in [0, 0.1) is 5.82 Å². The molecule has 2 N–H and O–H groups in total. The van der Waals surface area contributed by atoms with Crippen molar-refractivity contribution < 1.29 is 13.5 Å². The van der Waals surface area contributed by atoms with Gasteiger partial charge in [-0.1, -0.05) is 16.9 Å². The van der Waals surface area contributed by atoms with E-state index in [0.717, 1.165) is 4.57 Å². The molecule has 0 aliphatic heterocycles. The Morgan fingerprint density at radius 3 is 2.83 bits per heavy atom. The Kier molecular flexibility index (Phi) is 6.15. The van der Waals surface area contributed by atoms with Gasteiger partial charge < -0.3 is 5.73 Å². The van der Waals surface area contributed by atoms with E-state index in [0.29, 0.717) is 23.0 Å². The number of hydrogen-bond acceptors (Lipinski definition) is 8. The van der Waals surface area contributed by atoms with Gasteiger partial charge in [-0.05, 0) is 44.4 Å². The van der Waals surface area contributed by atoms with Gasteiger partial charge in [0.05, 0.1) is 10.2 Å². The van der Waals surface area contributed by atoms with E-state index in [-0.39, 0.29) is 28.4 Å². The van der Waals surface area contributed by atoms with Crippen molar-refractivity contribution in [1.29, 1.82) is 0 Å². The van der Waals surface area contributed by atoms with Crippen molar-refractivity contribution >= 4 is 40.1 Å². The molecule has 1 aromatic carbocycles. The molecule has 0 aliphatic rings. The second-order valence-corrected chi connectivity index (χ2v) is 6.20. The SMILES string of the molecule is Cl.NCCSc1nonc1-c1noc(=O)n1-c1ccc(F)c(Br)c1. The van der Waals surface area contributed by atoms with E-state index >= 15 is 0 Å². The largest absolute Gasteiger partial charge is 0.446 e. The van der Waals surface area contributed by atoms with Crippen molar-refractivity contribution in [2.75, 3.05) is 12.3 Å². The number of aromatic nitrogens is 4. The maximum atomic E-state index is 13.4. The van der Waals surface area contributed by atoms with Gasteiger partial charge in [-0.2, -0.15) is 0 Å². The number of halogens is 3. The third-order valence-electron chi connectivity index (χ3n) is 2.79. The molecule has 12 heteroatoms. The molecule has 0 radical (unpaired) electrons. The van der Waals surface area contributed by atoms with Crippen LogP contribution in [0.2, 0.25) is 0 Å². The fourth-order valence-corrected chi connectivity index (χ4v) is 2.85. The quantitative estimate of drug-likeness (QED) is 0.604. The molecule has 0 unspecified atom stereocenters. The third kappa shape index (κ3) is 3.53. The lowest BCUT2D eigenvalue weighted by Crippen LogP contribution is -2.13. The summed E-state index contributed by atoms with van der Waals surface area (Å²) >= 11 is 4.38. The maximum Gasteiger partial charge on any atom is 0.446 e. The van der Waals surface area contributed by atoms with E-state index in [9.17, 15) is 9.18 Å². The van der Waals surface area contributed by atoms with Crippen LogP contribution in [0.25, 0.3) is 17.2 Å². The zero-order chi connectivity index (χ0) is 16.4. The summed E-state index contributed by atoms with van der Waals surface area (Å²) in [6.45, 7) is 0.438. The van der Waals surface area contributed by atoms with E-state index in [1.165, 1.54) is 30.0 Å². The van der Waals surface area contributed by atoms with Gasteiger partial charge in [0.25, 0.3) is 0 Å². The Balaban J connectivity index is 0.00000208. The Hall–Kier alpha value is -1.69. The van der Waals surface area contributed by atoms with Crippen molar-refractivity contribution in [2.45, 2.75) is 5.03 Å². The van der Waals surface area contributed by atoms with Gasteiger partial charge in [-0.25, -0.2) is 18.4 Å². The Bertz CT molecular complexity index is 899. The summed E-state index contributed by atoms with van der Waals surface area (Å²) in [6, 6.07) is 4.06. The van der Waals surface area contributed by atoms with Crippen LogP contribution in [-0.2, 0) is 0 Å². The zero-order valence-electron chi connectivity index (χ0n) is 11.8. The first kappa shape index (κ1) is 18.6. The standard InChI is InChI=1S/C12H9BrFN5O3S.ClH/c13-7-5-6(1-2-8(7)14)19-10(17-21-12(19)20)9-11(18-22-16-9)23-4-3-15;/h1-2,5H,3-4,15H2;1H.